The maximum atomic E-state index is 12.5. The van der Waals surface area contributed by atoms with Crippen LogP contribution in [0.1, 0.15) is 33.6 Å². The van der Waals surface area contributed by atoms with Gasteiger partial charge in [-0.15, -0.1) is 13.2 Å². The lowest BCUT2D eigenvalue weighted by molar-refractivity contribution is -0.282. The zero-order valence-electron chi connectivity index (χ0n) is 16.3. The summed E-state index contributed by atoms with van der Waals surface area (Å²) < 4.78 is 46.7. The number of ether oxygens (including phenoxy) is 2. The highest BCUT2D eigenvalue weighted by Gasteiger charge is 2.39. The summed E-state index contributed by atoms with van der Waals surface area (Å²) in [6, 6.07) is 0.252. The highest BCUT2D eigenvalue weighted by atomic mass is 19.4. The molecule has 0 aliphatic carbocycles. The van der Waals surface area contributed by atoms with E-state index in [1.165, 1.54) is 7.11 Å². The topological polar surface area (TPSA) is 37.3 Å². The molecule has 0 spiro atoms. The Balaban J connectivity index is 0.00000163. The molecule has 26 heavy (non-hydrogen) atoms. The van der Waals surface area contributed by atoms with Crippen molar-refractivity contribution in [2.24, 2.45) is 10.9 Å². The zero-order valence-corrected chi connectivity index (χ0v) is 16.3. The molecular formula is C18H30F3N3O2. The molecule has 2 fully saturated rings. The first-order valence-electron chi connectivity index (χ1n) is 8.92. The fraction of sp³-hybridized carbons (Fsp3) is 0.722. The molecule has 0 N–H and O–H groups in total. The smallest absolute Gasteiger partial charge is 0.498 e. The Morgan fingerprint density at radius 2 is 1.88 bits per heavy atom. The van der Waals surface area contributed by atoms with Crippen molar-refractivity contribution >= 4 is 5.90 Å². The molecule has 2 aliphatic rings. The maximum Gasteiger partial charge on any atom is 0.574 e. The van der Waals surface area contributed by atoms with Crippen LogP contribution >= 0.6 is 0 Å². The summed E-state index contributed by atoms with van der Waals surface area (Å²) in [5.41, 5.74) is 0. The van der Waals surface area contributed by atoms with Crippen LogP contribution < -0.4 is 0 Å². The molecule has 2 unspecified atom stereocenters. The predicted molar refractivity (Wildman–Crippen MR) is 96.5 cm³/mol. The third-order valence-corrected chi connectivity index (χ3v) is 4.54. The van der Waals surface area contributed by atoms with Crippen molar-refractivity contribution in [1.29, 1.82) is 0 Å². The summed E-state index contributed by atoms with van der Waals surface area (Å²) in [5, 5.41) is 0. The Morgan fingerprint density at radius 3 is 2.42 bits per heavy atom. The van der Waals surface area contributed by atoms with Crippen molar-refractivity contribution in [2.45, 2.75) is 46.0 Å². The van der Waals surface area contributed by atoms with Gasteiger partial charge in [-0.3, -0.25) is 0 Å². The van der Waals surface area contributed by atoms with Gasteiger partial charge in [-0.1, -0.05) is 20.4 Å². The third kappa shape index (κ3) is 5.93. The Labute approximate surface area is 154 Å². The molecule has 0 aromatic heterocycles. The van der Waals surface area contributed by atoms with Gasteiger partial charge in [0.25, 0.3) is 0 Å². The van der Waals surface area contributed by atoms with Crippen molar-refractivity contribution in [3.8, 4) is 0 Å². The molecular weight excluding hydrogens is 347 g/mol. The number of halogens is 3. The normalized spacial score (nSPS) is 24.9. The SMILES string of the molecule is C=C/C(=N\C(=C(/C)OC)N1CCC2CN(C)CCC21)OC(F)(F)F.CC. The number of methoxy groups -OCH3 is 1. The van der Waals surface area contributed by atoms with Gasteiger partial charge >= 0.3 is 6.36 Å². The zero-order chi connectivity index (χ0) is 19.9. The van der Waals surface area contributed by atoms with Gasteiger partial charge in [0.2, 0.25) is 5.90 Å². The number of fused-ring (bicyclic) bond motifs is 1. The van der Waals surface area contributed by atoms with E-state index in [1.54, 1.807) is 6.92 Å². The van der Waals surface area contributed by atoms with Crippen molar-refractivity contribution in [2.75, 3.05) is 33.8 Å². The van der Waals surface area contributed by atoms with Crippen LogP contribution in [0.25, 0.3) is 0 Å². The van der Waals surface area contributed by atoms with E-state index in [2.05, 4.69) is 28.3 Å². The van der Waals surface area contributed by atoms with Gasteiger partial charge in [-0.25, -0.2) is 0 Å². The number of rotatable bonds is 4. The summed E-state index contributed by atoms with van der Waals surface area (Å²) in [6.45, 7) is 11.7. The molecule has 8 heteroatoms. The molecule has 2 saturated heterocycles. The predicted octanol–water partition coefficient (Wildman–Crippen LogP) is 3.99. The Morgan fingerprint density at radius 1 is 1.23 bits per heavy atom. The van der Waals surface area contributed by atoms with Crippen LogP contribution in [0, 0.1) is 5.92 Å². The van der Waals surface area contributed by atoms with E-state index in [9.17, 15) is 13.2 Å². The molecule has 2 atom stereocenters. The third-order valence-electron chi connectivity index (χ3n) is 4.54. The van der Waals surface area contributed by atoms with E-state index < -0.39 is 12.3 Å². The molecule has 0 radical (unpaired) electrons. The van der Waals surface area contributed by atoms with E-state index in [1.807, 2.05) is 18.7 Å². The molecule has 0 saturated carbocycles. The van der Waals surface area contributed by atoms with E-state index in [0.29, 0.717) is 17.5 Å². The van der Waals surface area contributed by atoms with E-state index in [4.69, 9.17) is 4.74 Å². The van der Waals surface area contributed by atoms with Gasteiger partial charge in [0.1, 0.15) is 5.76 Å². The largest absolute Gasteiger partial charge is 0.574 e. The minimum Gasteiger partial charge on any atom is -0.498 e. The number of hydrogen-bond acceptors (Lipinski definition) is 5. The average Bonchev–Trinajstić information content (AvgIpc) is 3.01. The molecule has 150 valence electrons. The van der Waals surface area contributed by atoms with Gasteiger partial charge < -0.3 is 19.3 Å². The van der Waals surface area contributed by atoms with Crippen LogP contribution in [0.4, 0.5) is 13.2 Å². The lowest BCUT2D eigenvalue weighted by Crippen LogP contribution is -2.44. The van der Waals surface area contributed by atoms with Crippen LogP contribution in [0.5, 0.6) is 0 Å². The van der Waals surface area contributed by atoms with Crippen molar-refractivity contribution in [3.63, 3.8) is 0 Å². The quantitative estimate of drug-likeness (QED) is 0.422. The summed E-state index contributed by atoms with van der Waals surface area (Å²) >= 11 is 0. The van der Waals surface area contributed by atoms with E-state index in [-0.39, 0.29) is 6.04 Å². The highest BCUT2D eigenvalue weighted by Crippen LogP contribution is 2.35. The van der Waals surface area contributed by atoms with Crippen LogP contribution in [0.15, 0.2) is 29.2 Å². The number of aliphatic imine (C=N–C) groups is 1. The number of piperidine rings is 1. The maximum absolute atomic E-state index is 12.5. The van der Waals surface area contributed by atoms with Crippen molar-refractivity contribution < 1.29 is 22.6 Å². The lowest BCUT2D eigenvalue weighted by Gasteiger charge is -2.37. The van der Waals surface area contributed by atoms with E-state index in [0.717, 1.165) is 38.6 Å². The minimum atomic E-state index is -4.81. The first kappa shape index (κ1) is 22.3. The molecule has 5 nitrogen and oxygen atoms in total. The summed E-state index contributed by atoms with van der Waals surface area (Å²) in [4.78, 5) is 8.39. The molecule has 2 aliphatic heterocycles. The molecule has 2 rings (SSSR count). The minimum absolute atomic E-state index is 0.252. The number of nitrogens with zero attached hydrogens (tertiary/aromatic N) is 3. The number of likely N-dealkylation sites (tertiary alicyclic amines) is 2. The summed E-state index contributed by atoms with van der Waals surface area (Å²) in [7, 11) is 3.56. The first-order chi connectivity index (χ1) is 12.2. The monoisotopic (exact) mass is 377 g/mol. The molecule has 2 heterocycles. The molecule has 0 bridgehead atoms. The van der Waals surface area contributed by atoms with Crippen LogP contribution in [0.2, 0.25) is 0 Å². The standard InChI is InChI=1S/C16H24F3N3O2.C2H6/c1-5-14(24-16(17,18)19)20-15(11(2)23-4)22-9-6-12-10-21(3)8-7-13(12)22;1-2/h5,12-13H,1,6-10H2,2-4H3;1-2H3/b15-11-,20-14+;. The highest BCUT2D eigenvalue weighted by molar-refractivity contribution is 5.88. The number of allylic oxidation sites excluding steroid dienone is 1. The average molecular weight is 377 g/mol. The molecule has 0 aromatic rings. The van der Waals surface area contributed by atoms with Crippen LogP contribution in [-0.2, 0) is 9.47 Å². The second kappa shape index (κ2) is 9.85. The van der Waals surface area contributed by atoms with Gasteiger partial charge in [0.15, 0.2) is 5.82 Å². The Kier molecular flexibility index (Phi) is 8.46. The lowest BCUT2D eigenvalue weighted by atomic mass is 9.93. The second-order valence-corrected chi connectivity index (χ2v) is 6.15. The summed E-state index contributed by atoms with van der Waals surface area (Å²) in [5.74, 6) is 0.744. The fourth-order valence-corrected chi connectivity index (χ4v) is 3.40. The van der Waals surface area contributed by atoms with Gasteiger partial charge in [0, 0.05) is 19.1 Å². The molecule has 0 amide bonds. The van der Waals surface area contributed by atoms with Gasteiger partial charge in [-0.2, -0.15) is 4.99 Å². The fourth-order valence-electron chi connectivity index (χ4n) is 3.40. The number of alkyl halides is 3. The van der Waals surface area contributed by atoms with Gasteiger partial charge in [-0.05, 0) is 45.4 Å². The van der Waals surface area contributed by atoms with E-state index >= 15 is 0 Å². The Bertz CT molecular complexity index is 532. The second-order valence-electron chi connectivity index (χ2n) is 6.15. The summed E-state index contributed by atoms with van der Waals surface area (Å²) in [6.07, 6.45) is -1.92. The Hall–Kier alpha value is -1.70. The van der Waals surface area contributed by atoms with Crippen molar-refractivity contribution in [1.82, 2.24) is 9.80 Å². The van der Waals surface area contributed by atoms with Crippen LogP contribution in [-0.4, -0.2) is 61.9 Å². The number of hydrogen-bond donors (Lipinski definition) is 0. The van der Waals surface area contributed by atoms with Gasteiger partial charge in [0.05, 0.1) is 7.11 Å². The van der Waals surface area contributed by atoms with Crippen LogP contribution in [0.3, 0.4) is 0 Å². The first-order valence-corrected chi connectivity index (χ1v) is 8.92. The van der Waals surface area contributed by atoms with Crippen molar-refractivity contribution in [3.05, 3.63) is 24.2 Å². The molecule has 0 aromatic carbocycles.